The fraction of sp³-hybridized carbons (Fsp3) is 0.778. The Morgan fingerprint density at radius 3 is 2.33 bits per heavy atom. The van der Waals surface area contributed by atoms with Crippen LogP contribution in [0.25, 0.3) is 0 Å². The van der Waals surface area contributed by atoms with E-state index < -0.39 is 14.8 Å². The highest BCUT2D eigenvalue weighted by molar-refractivity contribution is 7.94. The molecule has 1 saturated heterocycles. The predicted molar refractivity (Wildman–Crippen MR) is 54.6 cm³/mol. The van der Waals surface area contributed by atoms with Crippen molar-refractivity contribution in [1.29, 1.82) is 0 Å². The van der Waals surface area contributed by atoms with Crippen molar-refractivity contribution in [2.24, 2.45) is 0 Å². The minimum atomic E-state index is -3.48. The highest BCUT2D eigenvalue weighted by Crippen LogP contribution is 2.34. The number of rotatable bonds is 4. The first-order valence-electron chi connectivity index (χ1n) is 4.77. The van der Waals surface area contributed by atoms with E-state index in [1.165, 1.54) is 20.8 Å². The molecule has 0 bridgehead atoms. The fourth-order valence-electron chi connectivity index (χ4n) is 1.45. The van der Waals surface area contributed by atoms with Gasteiger partial charge in [-0.15, -0.1) is 0 Å². The van der Waals surface area contributed by atoms with Crippen molar-refractivity contribution in [1.82, 2.24) is 4.31 Å². The summed E-state index contributed by atoms with van der Waals surface area (Å²) in [5.74, 6) is -0.384. The number of ketones is 1. The number of sulfonamides is 1. The van der Waals surface area contributed by atoms with Gasteiger partial charge in [0.05, 0.1) is 0 Å². The van der Waals surface area contributed by atoms with Crippen LogP contribution < -0.4 is 0 Å². The molecule has 0 N–H and O–H groups in total. The van der Waals surface area contributed by atoms with Gasteiger partial charge in [0.25, 0.3) is 15.9 Å². The highest BCUT2D eigenvalue weighted by Gasteiger charge is 2.59. The standard InChI is InChI=1S/C9H15NO4S/c1-7(11)5-4-6-10-8(12)9(2,3)15(10,13)14/h4-6H2,1-3H3. The molecule has 0 saturated carbocycles. The van der Waals surface area contributed by atoms with Crippen LogP contribution in [0.1, 0.15) is 33.6 Å². The van der Waals surface area contributed by atoms with Crippen molar-refractivity contribution in [2.75, 3.05) is 6.54 Å². The summed E-state index contributed by atoms with van der Waals surface area (Å²) in [4.78, 5) is 22.1. The van der Waals surface area contributed by atoms with E-state index in [0.717, 1.165) is 4.31 Å². The predicted octanol–water partition coefficient (Wildman–Crippen LogP) is 0.306. The molecule has 86 valence electrons. The number of amides is 1. The Morgan fingerprint density at radius 2 is 1.93 bits per heavy atom. The lowest BCUT2D eigenvalue weighted by atomic mass is 10.1. The van der Waals surface area contributed by atoms with E-state index in [9.17, 15) is 18.0 Å². The normalized spacial score (nSPS) is 22.3. The van der Waals surface area contributed by atoms with E-state index in [2.05, 4.69) is 0 Å². The van der Waals surface area contributed by atoms with Gasteiger partial charge in [0.2, 0.25) is 0 Å². The summed E-state index contributed by atoms with van der Waals surface area (Å²) in [6.45, 7) is 4.35. The zero-order valence-electron chi connectivity index (χ0n) is 9.11. The number of nitrogens with zero attached hydrogens (tertiary/aromatic N) is 1. The van der Waals surface area contributed by atoms with Gasteiger partial charge >= 0.3 is 0 Å². The molecule has 5 nitrogen and oxygen atoms in total. The zero-order chi connectivity index (χ0) is 11.9. The van der Waals surface area contributed by atoms with Gasteiger partial charge in [-0.2, -0.15) is 0 Å². The van der Waals surface area contributed by atoms with Gasteiger partial charge in [-0.3, -0.25) is 4.79 Å². The average molecular weight is 233 g/mol. The van der Waals surface area contributed by atoms with Crippen molar-refractivity contribution in [3.05, 3.63) is 0 Å². The SMILES string of the molecule is CC(=O)CCCN1C(=O)C(C)(C)S1(=O)=O. The van der Waals surface area contributed by atoms with Crippen molar-refractivity contribution < 1.29 is 18.0 Å². The monoisotopic (exact) mass is 233 g/mol. The van der Waals surface area contributed by atoms with Crippen LogP contribution in [0.5, 0.6) is 0 Å². The summed E-state index contributed by atoms with van der Waals surface area (Å²) in [5, 5.41) is 0. The molecule has 0 spiro atoms. The van der Waals surface area contributed by atoms with Gasteiger partial charge in [0, 0.05) is 13.0 Å². The third-order valence-electron chi connectivity index (χ3n) is 2.57. The molecule has 1 aliphatic heterocycles. The summed E-state index contributed by atoms with van der Waals surface area (Å²) < 4.78 is 22.7. The van der Waals surface area contributed by atoms with Crippen molar-refractivity contribution in [3.8, 4) is 0 Å². The van der Waals surface area contributed by atoms with Gasteiger partial charge in [-0.1, -0.05) is 0 Å². The van der Waals surface area contributed by atoms with Gasteiger partial charge in [0.1, 0.15) is 5.78 Å². The summed E-state index contributed by atoms with van der Waals surface area (Å²) in [6, 6.07) is 0. The second kappa shape index (κ2) is 3.59. The third-order valence-corrected chi connectivity index (χ3v) is 4.96. The second-order valence-corrected chi connectivity index (χ2v) is 6.61. The van der Waals surface area contributed by atoms with Crippen LogP contribution in [0.2, 0.25) is 0 Å². The molecule has 0 unspecified atom stereocenters. The maximum atomic E-state index is 11.6. The van der Waals surface area contributed by atoms with Crippen LogP contribution in [-0.2, 0) is 19.6 Å². The van der Waals surface area contributed by atoms with Crippen LogP contribution in [-0.4, -0.2) is 35.7 Å². The molecule has 15 heavy (non-hydrogen) atoms. The first-order valence-corrected chi connectivity index (χ1v) is 6.21. The lowest BCUT2D eigenvalue weighted by Crippen LogP contribution is -2.67. The molecule has 0 radical (unpaired) electrons. The summed E-state index contributed by atoms with van der Waals surface area (Å²) >= 11 is 0. The number of carbonyl (C=O) groups excluding carboxylic acids is 2. The van der Waals surface area contributed by atoms with Crippen molar-refractivity contribution in [2.45, 2.75) is 38.4 Å². The fourth-order valence-corrected chi connectivity index (χ4v) is 3.02. The lowest BCUT2D eigenvalue weighted by Gasteiger charge is -2.43. The summed E-state index contributed by atoms with van der Waals surface area (Å²) in [6.07, 6.45) is 0.704. The van der Waals surface area contributed by atoms with Gasteiger partial charge in [0.15, 0.2) is 4.75 Å². The van der Waals surface area contributed by atoms with E-state index in [1.807, 2.05) is 0 Å². The van der Waals surface area contributed by atoms with Crippen LogP contribution in [0.15, 0.2) is 0 Å². The zero-order valence-corrected chi connectivity index (χ0v) is 9.93. The molecule has 0 aromatic heterocycles. The molecule has 0 aromatic rings. The number of hydrogen-bond acceptors (Lipinski definition) is 4. The van der Waals surface area contributed by atoms with E-state index in [-0.39, 0.29) is 18.2 Å². The number of carbonyl (C=O) groups is 2. The van der Waals surface area contributed by atoms with E-state index >= 15 is 0 Å². The highest BCUT2D eigenvalue weighted by atomic mass is 32.2. The van der Waals surface area contributed by atoms with E-state index in [0.29, 0.717) is 12.8 Å². The van der Waals surface area contributed by atoms with Crippen LogP contribution in [0.4, 0.5) is 0 Å². The van der Waals surface area contributed by atoms with Gasteiger partial charge in [-0.05, 0) is 27.2 Å². The van der Waals surface area contributed by atoms with Crippen LogP contribution in [0.3, 0.4) is 0 Å². The Labute approximate surface area is 89.5 Å². The molecule has 1 heterocycles. The Kier molecular flexibility index (Phi) is 2.91. The molecule has 0 atom stereocenters. The van der Waals surface area contributed by atoms with Crippen molar-refractivity contribution in [3.63, 3.8) is 0 Å². The Morgan fingerprint density at radius 1 is 1.40 bits per heavy atom. The molecule has 1 aliphatic rings. The maximum absolute atomic E-state index is 11.6. The van der Waals surface area contributed by atoms with Crippen LogP contribution in [0, 0.1) is 0 Å². The maximum Gasteiger partial charge on any atom is 0.258 e. The first-order chi connectivity index (χ1) is 6.71. The summed E-state index contributed by atoms with van der Waals surface area (Å²) in [5.41, 5.74) is 0. The number of Topliss-reactive ketones (excluding diaryl/α,β-unsaturated/α-hetero) is 1. The van der Waals surface area contributed by atoms with Gasteiger partial charge in [-0.25, -0.2) is 12.7 Å². The minimum absolute atomic E-state index is 0.000342. The molecule has 1 rings (SSSR count). The Hall–Kier alpha value is -0.910. The topological polar surface area (TPSA) is 71.5 Å². The molecule has 6 heteroatoms. The lowest BCUT2D eigenvalue weighted by molar-refractivity contribution is -0.132. The van der Waals surface area contributed by atoms with Crippen LogP contribution >= 0.6 is 0 Å². The largest absolute Gasteiger partial charge is 0.300 e. The quantitative estimate of drug-likeness (QED) is 0.700. The minimum Gasteiger partial charge on any atom is -0.300 e. The van der Waals surface area contributed by atoms with E-state index in [1.54, 1.807) is 0 Å². The summed E-state index contributed by atoms with van der Waals surface area (Å²) in [7, 11) is -3.48. The molecule has 0 aliphatic carbocycles. The molecule has 0 aromatic carbocycles. The van der Waals surface area contributed by atoms with E-state index in [4.69, 9.17) is 0 Å². The van der Waals surface area contributed by atoms with Crippen molar-refractivity contribution >= 4 is 21.7 Å². The molecule has 1 amide bonds. The van der Waals surface area contributed by atoms with Gasteiger partial charge < -0.3 is 4.79 Å². The molecule has 1 fully saturated rings. The second-order valence-electron chi connectivity index (χ2n) is 4.20. The number of hydrogen-bond donors (Lipinski definition) is 0. The molecular weight excluding hydrogens is 218 g/mol. The molecular formula is C9H15NO4S. The Bertz CT molecular complexity index is 396. The third kappa shape index (κ3) is 1.78. The Balaban J connectivity index is 2.60. The first kappa shape index (κ1) is 12.2. The smallest absolute Gasteiger partial charge is 0.258 e. The average Bonchev–Trinajstić information content (AvgIpc) is 2.10.